The van der Waals surface area contributed by atoms with E-state index in [1.807, 2.05) is 9.95 Å². The minimum absolute atomic E-state index is 0.333. The molecule has 0 fully saturated rings. The van der Waals surface area contributed by atoms with E-state index in [0.29, 0.717) is 17.4 Å². The molecule has 4 nitrogen and oxygen atoms in total. The first kappa shape index (κ1) is 11.9. The number of imidazole rings is 1. The highest BCUT2D eigenvalue weighted by Crippen LogP contribution is 2.20. The molecule has 0 N–H and O–H groups in total. The fraction of sp³-hybridized carbons (Fsp3) is 0.182. The topological polar surface area (TPSA) is 43.6 Å². The van der Waals surface area contributed by atoms with Gasteiger partial charge in [0.15, 0.2) is 5.65 Å². The van der Waals surface area contributed by atoms with E-state index in [2.05, 4.69) is 15.0 Å². The van der Waals surface area contributed by atoms with E-state index in [9.17, 15) is 0 Å². The highest BCUT2D eigenvalue weighted by molar-refractivity contribution is 7.09. The molecule has 0 amide bonds. The summed E-state index contributed by atoms with van der Waals surface area (Å²) in [6.45, 7) is 0.630. The molecule has 0 aliphatic carbocycles. The van der Waals surface area contributed by atoms with E-state index < -0.39 is 0 Å². The van der Waals surface area contributed by atoms with Gasteiger partial charge >= 0.3 is 0 Å². The lowest BCUT2D eigenvalue weighted by molar-refractivity contribution is 0.765. The fourth-order valence-corrected chi connectivity index (χ4v) is 2.73. The predicted octanol–water partition coefficient (Wildman–Crippen LogP) is 3.33. The number of alkyl halides is 1. The summed E-state index contributed by atoms with van der Waals surface area (Å²) in [6.07, 6.45) is 3.39. The zero-order valence-corrected chi connectivity index (χ0v) is 11.5. The number of pyridine rings is 1. The molecule has 3 rings (SSSR count). The number of fused-ring (bicyclic) bond motifs is 1. The van der Waals surface area contributed by atoms with Crippen LogP contribution in [0, 0.1) is 0 Å². The van der Waals surface area contributed by atoms with Gasteiger partial charge in [0.05, 0.1) is 17.4 Å². The van der Waals surface area contributed by atoms with Crippen LogP contribution in [0.4, 0.5) is 0 Å². The highest BCUT2D eigenvalue weighted by atomic mass is 35.5. The zero-order chi connectivity index (χ0) is 12.5. The molecule has 0 unspecified atom stereocenters. The first-order valence-electron chi connectivity index (χ1n) is 5.23. The van der Waals surface area contributed by atoms with Crippen molar-refractivity contribution >= 4 is 45.7 Å². The van der Waals surface area contributed by atoms with E-state index in [1.165, 1.54) is 0 Å². The number of nitrogens with zero attached hydrogens (tertiary/aromatic N) is 4. The number of hydrogen-bond acceptors (Lipinski definition) is 4. The average Bonchev–Trinajstić information content (AvgIpc) is 2.97. The van der Waals surface area contributed by atoms with E-state index in [4.69, 9.17) is 23.2 Å². The third-order valence-electron chi connectivity index (χ3n) is 2.53. The maximum atomic E-state index is 5.92. The van der Waals surface area contributed by atoms with Crippen LogP contribution in [0.25, 0.3) is 11.2 Å². The van der Waals surface area contributed by atoms with Crippen molar-refractivity contribution in [3.8, 4) is 0 Å². The number of aromatic nitrogens is 4. The molecule has 92 valence electrons. The Bertz CT molecular complexity index is 678. The second-order valence-electron chi connectivity index (χ2n) is 3.67. The summed E-state index contributed by atoms with van der Waals surface area (Å²) < 4.78 is 1.97. The Labute approximate surface area is 117 Å². The molecule has 0 saturated heterocycles. The van der Waals surface area contributed by atoms with Gasteiger partial charge in [0, 0.05) is 17.8 Å². The lowest BCUT2D eigenvalue weighted by Crippen LogP contribution is -2.04. The summed E-state index contributed by atoms with van der Waals surface area (Å²) in [6, 6.07) is 1.79. The van der Waals surface area contributed by atoms with Crippen molar-refractivity contribution in [3.05, 3.63) is 39.7 Å². The summed E-state index contributed by atoms with van der Waals surface area (Å²) in [5.41, 5.74) is 1.54. The Hall–Kier alpha value is -1.17. The van der Waals surface area contributed by atoms with E-state index >= 15 is 0 Å². The van der Waals surface area contributed by atoms with Crippen molar-refractivity contribution in [2.24, 2.45) is 0 Å². The molecule has 0 radical (unpaired) electrons. The van der Waals surface area contributed by atoms with Crippen molar-refractivity contribution in [1.82, 2.24) is 19.5 Å². The van der Waals surface area contributed by atoms with Crippen molar-refractivity contribution in [3.63, 3.8) is 0 Å². The number of rotatable bonds is 3. The summed E-state index contributed by atoms with van der Waals surface area (Å²) in [7, 11) is 0. The molecule has 0 aliphatic heterocycles. The minimum atomic E-state index is 0.333. The third kappa shape index (κ3) is 2.09. The Kier molecular flexibility index (Phi) is 3.20. The van der Waals surface area contributed by atoms with Crippen LogP contribution in [0.2, 0.25) is 5.02 Å². The summed E-state index contributed by atoms with van der Waals surface area (Å²) in [4.78, 5) is 13.0. The maximum Gasteiger partial charge on any atom is 0.160 e. The smallest absolute Gasteiger partial charge is 0.160 e. The van der Waals surface area contributed by atoms with Crippen LogP contribution in [0.3, 0.4) is 0 Å². The van der Waals surface area contributed by atoms with Crippen LogP contribution in [0.1, 0.15) is 10.8 Å². The Balaban J connectivity index is 2.13. The Morgan fingerprint density at radius 3 is 2.94 bits per heavy atom. The van der Waals surface area contributed by atoms with Crippen LogP contribution in [-0.4, -0.2) is 19.5 Å². The van der Waals surface area contributed by atoms with Crippen LogP contribution in [0.5, 0.6) is 0 Å². The van der Waals surface area contributed by atoms with E-state index in [-0.39, 0.29) is 0 Å². The van der Waals surface area contributed by atoms with Gasteiger partial charge in [0.2, 0.25) is 0 Å². The maximum absolute atomic E-state index is 5.92. The van der Waals surface area contributed by atoms with E-state index in [1.54, 1.807) is 29.8 Å². The van der Waals surface area contributed by atoms with Gasteiger partial charge in [-0.2, -0.15) is 0 Å². The lowest BCUT2D eigenvalue weighted by Gasteiger charge is -2.04. The number of thiazole rings is 1. The second kappa shape index (κ2) is 4.84. The largest absolute Gasteiger partial charge is 0.305 e. The minimum Gasteiger partial charge on any atom is -0.305 e. The van der Waals surface area contributed by atoms with Gasteiger partial charge in [-0.3, -0.25) is 0 Å². The van der Waals surface area contributed by atoms with Gasteiger partial charge in [-0.25, -0.2) is 15.0 Å². The standard InChI is InChI=1S/C11H8Cl2N4S/c12-4-9-16-8-3-7(13)5-15-11(8)17(9)6-10-14-1-2-18-10/h1-3,5H,4,6H2. The Morgan fingerprint density at radius 1 is 1.33 bits per heavy atom. The van der Waals surface area contributed by atoms with Gasteiger partial charge in [0.1, 0.15) is 16.3 Å². The lowest BCUT2D eigenvalue weighted by atomic mass is 10.4. The molecular formula is C11H8Cl2N4S. The van der Waals surface area contributed by atoms with Gasteiger partial charge in [-0.1, -0.05) is 11.6 Å². The molecule has 18 heavy (non-hydrogen) atoms. The van der Waals surface area contributed by atoms with E-state index in [0.717, 1.165) is 22.0 Å². The monoisotopic (exact) mass is 298 g/mol. The second-order valence-corrected chi connectivity index (χ2v) is 5.35. The summed E-state index contributed by atoms with van der Waals surface area (Å²) >= 11 is 13.4. The van der Waals surface area contributed by atoms with Crippen LogP contribution < -0.4 is 0 Å². The van der Waals surface area contributed by atoms with Gasteiger partial charge in [0.25, 0.3) is 0 Å². The van der Waals surface area contributed by atoms with Crippen molar-refractivity contribution in [1.29, 1.82) is 0 Å². The fourth-order valence-electron chi connectivity index (χ4n) is 1.77. The van der Waals surface area contributed by atoms with Crippen molar-refractivity contribution in [2.45, 2.75) is 12.4 Å². The molecule has 3 aromatic rings. The first-order valence-corrected chi connectivity index (χ1v) is 7.02. The summed E-state index contributed by atoms with van der Waals surface area (Å²) in [5, 5.41) is 3.51. The van der Waals surface area contributed by atoms with Gasteiger partial charge in [-0.15, -0.1) is 22.9 Å². The molecule has 3 aromatic heterocycles. The molecule has 0 aromatic carbocycles. The van der Waals surface area contributed by atoms with Crippen molar-refractivity contribution < 1.29 is 0 Å². The SMILES string of the molecule is ClCc1nc2cc(Cl)cnc2n1Cc1nccs1. The van der Waals surface area contributed by atoms with Crippen LogP contribution >= 0.6 is 34.5 Å². The summed E-state index contributed by atoms with van der Waals surface area (Å²) in [5.74, 6) is 1.11. The molecule has 0 bridgehead atoms. The molecule has 3 heterocycles. The van der Waals surface area contributed by atoms with Crippen LogP contribution in [-0.2, 0) is 12.4 Å². The van der Waals surface area contributed by atoms with Gasteiger partial charge < -0.3 is 4.57 Å². The molecule has 7 heteroatoms. The third-order valence-corrected chi connectivity index (χ3v) is 3.74. The van der Waals surface area contributed by atoms with Crippen molar-refractivity contribution in [2.75, 3.05) is 0 Å². The predicted molar refractivity (Wildman–Crippen MR) is 73.3 cm³/mol. The Morgan fingerprint density at radius 2 is 2.22 bits per heavy atom. The van der Waals surface area contributed by atoms with Crippen LogP contribution in [0.15, 0.2) is 23.8 Å². The number of halogens is 2. The normalized spacial score (nSPS) is 11.2. The quantitative estimate of drug-likeness (QED) is 0.697. The molecule has 0 aliphatic rings. The van der Waals surface area contributed by atoms with Gasteiger partial charge in [-0.05, 0) is 6.07 Å². The average molecular weight is 299 g/mol. The zero-order valence-electron chi connectivity index (χ0n) is 9.18. The molecule has 0 saturated carbocycles. The molecule has 0 atom stereocenters. The highest BCUT2D eigenvalue weighted by Gasteiger charge is 2.12. The molecular weight excluding hydrogens is 291 g/mol. The first-order chi connectivity index (χ1) is 8.78. The molecule has 0 spiro atoms. The number of hydrogen-bond donors (Lipinski definition) is 0.